The van der Waals surface area contributed by atoms with Gasteiger partial charge in [0.15, 0.2) is 0 Å². The Morgan fingerprint density at radius 3 is 2.19 bits per heavy atom. The molecular formula is C25H39N3O3S. The Labute approximate surface area is 193 Å². The molecule has 3 fully saturated rings. The summed E-state index contributed by atoms with van der Waals surface area (Å²) >= 11 is 0. The highest BCUT2D eigenvalue weighted by Crippen LogP contribution is 2.33. The average Bonchev–Trinajstić information content (AvgIpc) is 2.81. The van der Waals surface area contributed by atoms with Crippen LogP contribution in [0, 0.1) is 5.92 Å². The van der Waals surface area contributed by atoms with Gasteiger partial charge in [0.05, 0.1) is 11.4 Å². The highest BCUT2D eigenvalue weighted by molar-refractivity contribution is 7.89. The molecule has 1 aromatic rings. The Bertz CT molecular complexity index is 857. The Kier molecular flexibility index (Phi) is 7.90. The van der Waals surface area contributed by atoms with Crippen LogP contribution in [0.25, 0.3) is 0 Å². The smallest absolute Gasteiger partial charge is 0.243 e. The maximum atomic E-state index is 13.1. The van der Waals surface area contributed by atoms with Gasteiger partial charge in [-0.25, -0.2) is 8.42 Å². The van der Waals surface area contributed by atoms with Crippen LogP contribution < -0.4 is 5.32 Å². The minimum absolute atomic E-state index is 0.0679. The van der Waals surface area contributed by atoms with E-state index < -0.39 is 10.0 Å². The topological polar surface area (TPSA) is 69.7 Å². The summed E-state index contributed by atoms with van der Waals surface area (Å²) in [7, 11) is -3.49. The second-order valence-corrected chi connectivity index (χ2v) is 12.0. The van der Waals surface area contributed by atoms with Crippen LogP contribution in [-0.4, -0.2) is 62.3 Å². The van der Waals surface area contributed by atoms with E-state index in [4.69, 9.17) is 0 Å². The molecule has 1 heterocycles. The van der Waals surface area contributed by atoms with Gasteiger partial charge in [-0.2, -0.15) is 4.31 Å². The first-order valence-electron chi connectivity index (χ1n) is 12.6. The fourth-order valence-electron chi connectivity index (χ4n) is 5.61. The van der Waals surface area contributed by atoms with Gasteiger partial charge < -0.3 is 5.32 Å². The molecule has 7 heteroatoms. The summed E-state index contributed by atoms with van der Waals surface area (Å²) in [5.41, 5.74) is 1.27. The predicted octanol–water partition coefficient (Wildman–Crippen LogP) is 3.74. The zero-order valence-electron chi connectivity index (χ0n) is 19.5. The van der Waals surface area contributed by atoms with E-state index in [0.717, 1.165) is 6.42 Å². The third-order valence-electron chi connectivity index (χ3n) is 7.75. The number of rotatable bonds is 6. The number of amides is 1. The maximum absolute atomic E-state index is 13.1. The predicted molar refractivity (Wildman–Crippen MR) is 127 cm³/mol. The van der Waals surface area contributed by atoms with Crippen molar-refractivity contribution in [2.24, 2.45) is 5.92 Å². The molecule has 2 saturated carbocycles. The Morgan fingerprint density at radius 1 is 0.906 bits per heavy atom. The van der Waals surface area contributed by atoms with Crippen LogP contribution in [-0.2, 0) is 14.8 Å². The minimum Gasteiger partial charge on any atom is -0.352 e. The van der Waals surface area contributed by atoms with Gasteiger partial charge in [-0.15, -0.1) is 0 Å². The lowest BCUT2D eigenvalue weighted by Gasteiger charge is -2.34. The van der Waals surface area contributed by atoms with Crippen LogP contribution in [0.15, 0.2) is 29.2 Å². The van der Waals surface area contributed by atoms with Gasteiger partial charge in [-0.1, -0.05) is 51.2 Å². The first-order chi connectivity index (χ1) is 15.4. The normalized spacial score (nSPS) is 26.7. The zero-order valence-corrected chi connectivity index (χ0v) is 20.3. The molecule has 2 aliphatic carbocycles. The van der Waals surface area contributed by atoms with Gasteiger partial charge in [0.1, 0.15) is 0 Å². The quantitative estimate of drug-likeness (QED) is 0.701. The van der Waals surface area contributed by atoms with E-state index in [9.17, 15) is 13.2 Å². The number of carbonyl (C=O) groups is 1. The summed E-state index contributed by atoms with van der Waals surface area (Å²) in [5, 5.41) is 3.20. The molecular weight excluding hydrogens is 422 g/mol. The fourth-order valence-corrected chi connectivity index (χ4v) is 7.03. The molecule has 1 N–H and O–H groups in total. The summed E-state index contributed by atoms with van der Waals surface area (Å²) in [6.07, 6.45) is 11.0. The molecule has 1 aromatic carbocycles. The number of nitrogens with one attached hydrogen (secondary N) is 1. The van der Waals surface area contributed by atoms with E-state index >= 15 is 0 Å². The molecule has 0 radical (unpaired) electrons. The number of hydrogen-bond acceptors (Lipinski definition) is 4. The summed E-state index contributed by atoms with van der Waals surface area (Å²) in [6, 6.07) is 7.87. The first kappa shape index (κ1) is 23.7. The highest BCUT2D eigenvalue weighted by Gasteiger charge is 2.30. The van der Waals surface area contributed by atoms with Crippen molar-refractivity contribution in [3.05, 3.63) is 29.8 Å². The van der Waals surface area contributed by atoms with Crippen molar-refractivity contribution in [3.63, 3.8) is 0 Å². The monoisotopic (exact) mass is 461 g/mol. The summed E-state index contributed by atoms with van der Waals surface area (Å²) < 4.78 is 27.8. The van der Waals surface area contributed by atoms with Crippen LogP contribution in [0.1, 0.15) is 76.2 Å². The number of hydrogen-bond donors (Lipinski definition) is 1. The second kappa shape index (κ2) is 10.7. The second-order valence-electron chi connectivity index (χ2n) is 10.0. The lowest BCUT2D eigenvalue weighted by atomic mass is 9.84. The Morgan fingerprint density at radius 2 is 1.53 bits per heavy atom. The van der Waals surface area contributed by atoms with Crippen molar-refractivity contribution in [2.75, 3.05) is 32.7 Å². The van der Waals surface area contributed by atoms with Crippen molar-refractivity contribution in [2.45, 2.75) is 81.6 Å². The SMILES string of the molecule is C[C@H]1CCCC[C@H]1NC(=O)CN1CCN(S(=O)(=O)c2ccc(C3CCCCC3)cc2)CC1. The molecule has 0 unspecified atom stereocenters. The standard InChI is InChI=1S/C25H39N3O3S/c1-20-7-5-6-10-24(20)26-25(29)19-27-15-17-28(18-16-27)32(30,31)23-13-11-22(12-14-23)21-8-3-2-4-9-21/h11-14,20-21,24H,2-10,15-19H2,1H3,(H,26,29)/t20-,24+/m0/s1. The molecule has 2 atom stereocenters. The van der Waals surface area contributed by atoms with E-state index in [-0.39, 0.29) is 11.9 Å². The lowest BCUT2D eigenvalue weighted by Crippen LogP contribution is -2.52. The van der Waals surface area contributed by atoms with Crippen LogP contribution in [0.4, 0.5) is 0 Å². The third-order valence-corrected chi connectivity index (χ3v) is 9.66. The fraction of sp³-hybridized carbons (Fsp3) is 0.720. The third kappa shape index (κ3) is 5.72. The molecule has 0 aromatic heterocycles. The molecule has 1 amide bonds. The summed E-state index contributed by atoms with van der Waals surface area (Å²) in [6.45, 7) is 4.61. The van der Waals surface area contributed by atoms with Gasteiger partial charge in [0.25, 0.3) is 0 Å². The van der Waals surface area contributed by atoms with E-state index in [1.165, 1.54) is 56.9 Å². The molecule has 4 rings (SSSR count). The Balaban J connectivity index is 1.27. The van der Waals surface area contributed by atoms with E-state index in [1.54, 1.807) is 16.4 Å². The molecule has 0 spiro atoms. The number of benzene rings is 1. The highest BCUT2D eigenvalue weighted by atomic mass is 32.2. The largest absolute Gasteiger partial charge is 0.352 e. The molecule has 6 nitrogen and oxygen atoms in total. The van der Waals surface area contributed by atoms with Crippen molar-refractivity contribution in [1.82, 2.24) is 14.5 Å². The zero-order chi connectivity index (χ0) is 22.6. The van der Waals surface area contributed by atoms with Crippen molar-refractivity contribution >= 4 is 15.9 Å². The van der Waals surface area contributed by atoms with Gasteiger partial charge in [0.2, 0.25) is 15.9 Å². The number of sulfonamides is 1. The van der Waals surface area contributed by atoms with Crippen LogP contribution in [0.2, 0.25) is 0 Å². The number of carbonyl (C=O) groups excluding carboxylic acids is 1. The van der Waals surface area contributed by atoms with Gasteiger partial charge >= 0.3 is 0 Å². The first-order valence-corrected chi connectivity index (χ1v) is 14.0. The molecule has 32 heavy (non-hydrogen) atoms. The van der Waals surface area contributed by atoms with Gasteiger partial charge in [0, 0.05) is 32.2 Å². The molecule has 3 aliphatic rings. The average molecular weight is 462 g/mol. The summed E-state index contributed by atoms with van der Waals surface area (Å²) in [5.74, 6) is 1.18. The van der Waals surface area contributed by atoms with Crippen LogP contribution in [0.3, 0.4) is 0 Å². The van der Waals surface area contributed by atoms with Crippen LogP contribution in [0.5, 0.6) is 0 Å². The van der Waals surface area contributed by atoms with Crippen molar-refractivity contribution < 1.29 is 13.2 Å². The summed E-state index contributed by atoms with van der Waals surface area (Å²) in [4.78, 5) is 15.0. The molecule has 1 aliphatic heterocycles. The Hall–Kier alpha value is -1.44. The van der Waals surface area contributed by atoms with E-state index in [1.807, 2.05) is 12.1 Å². The van der Waals surface area contributed by atoms with Gasteiger partial charge in [-0.05, 0) is 55.2 Å². The van der Waals surface area contributed by atoms with E-state index in [2.05, 4.69) is 17.1 Å². The van der Waals surface area contributed by atoms with E-state index in [0.29, 0.717) is 49.5 Å². The maximum Gasteiger partial charge on any atom is 0.243 e. The molecule has 1 saturated heterocycles. The number of nitrogens with zero attached hydrogens (tertiary/aromatic N) is 2. The van der Waals surface area contributed by atoms with Crippen molar-refractivity contribution in [1.29, 1.82) is 0 Å². The minimum atomic E-state index is -3.49. The van der Waals surface area contributed by atoms with Crippen molar-refractivity contribution in [3.8, 4) is 0 Å². The van der Waals surface area contributed by atoms with Gasteiger partial charge in [-0.3, -0.25) is 9.69 Å². The lowest BCUT2D eigenvalue weighted by molar-refractivity contribution is -0.123. The molecule has 178 valence electrons. The van der Waals surface area contributed by atoms with Crippen LogP contribution >= 0.6 is 0 Å². The molecule has 0 bridgehead atoms. The number of piperazine rings is 1.